The average Bonchev–Trinajstić information content (AvgIpc) is 3.20. The van der Waals surface area contributed by atoms with E-state index < -0.39 is 12.0 Å². The summed E-state index contributed by atoms with van der Waals surface area (Å²) in [6, 6.07) is 17.9. The predicted octanol–water partition coefficient (Wildman–Crippen LogP) is 5.11. The molecular weight excluding hydrogens is 566 g/mol. The molecule has 1 N–H and O–H groups in total. The van der Waals surface area contributed by atoms with Crippen molar-refractivity contribution < 1.29 is 28.6 Å². The fraction of sp³-hybridized carbons (Fsp3) is 0.267. The molecule has 0 saturated carbocycles. The second kappa shape index (κ2) is 13.5. The van der Waals surface area contributed by atoms with Crippen LogP contribution in [-0.2, 0) is 20.7 Å². The Balaban J connectivity index is 1.57. The second-order valence-corrected chi connectivity index (χ2v) is 9.93. The van der Waals surface area contributed by atoms with Gasteiger partial charge >= 0.3 is 5.97 Å². The minimum atomic E-state index is -0.834. The molecule has 1 atom stereocenters. The first-order valence-electron chi connectivity index (χ1n) is 12.9. The average molecular weight is 596 g/mol. The summed E-state index contributed by atoms with van der Waals surface area (Å²) >= 11 is 11.7. The van der Waals surface area contributed by atoms with Crippen molar-refractivity contribution in [1.82, 2.24) is 4.90 Å². The first-order chi connectivity index (χ1) is 19.7. The number of anilines is 2. The highest BCUT2D eigenvalue weighted by atomic mass is 35.5. The van der Waals surface area contributed by atoms with E-state index in [0.717, 1.165) is 5.56 Å². The molecule has 0 bridgehead atoms. The summed E-state index contributed by atoms with van der Waals surface area (Å²) in [5, 5.41) is 3.63. The number of ether oxygens (including phenoxy) is 3. The van der Waals surface area contributed by atoms with Crippen LogP contribution in [0.1, 0.15) is 29.3 Å². The van der Waals surface area contributed by atoms with Gasteiger partial charge in [-0.15, -0.1) is 0 Å². The minimum Gasteiger partial charge on any atom is -0.493 e. The third-order valence-corrected chi connectivity index (χ3v) is 7.22. The van der Waals surface area contributed by atoms with Gasteiger partial charge in [-0.1, -0.05) is 17.7 Å². The Bertz CT molecular complexity index is 1430. The smallest absolute Gasteiger partial charge is 0.338 e. The van der Waals surface area contributed by atoms with Gasteiger partial charge in [0.25, 0.3) is 5.91 Å². The zero-order valence-electron chi connectivity index (χ0n) is 22.9. The number of nitrogens with one attached hydrogen (secondary N) is 1. The number of carbonyl (C=O) groups is 3. The van der Waals surface area contributed by atoms with Crippen molar-refractivity contribution in [3.05, 3.63) is 82.9 Å². The van der Waals surface area contributed by atoms with Gasteiger partial charge in [0, 0.05) is 17.3 Å². The van der Waals surface area contributed by atoms with E-state index in [0.29, 0.717) is 46.4 Å². The number of carbonyl (C=O) groups excluding carboxylic acids is 3. The van der Waals surface area contributed by atoms with Gasteiger partial charge in [0.05, 0.1) is 38.5 Å². The SMILES string of the molecule is CCOC(=O)c1ccc(N2C(=O)C(CC(=O)Nc3ccc(Cl)cc3)N(CCc3ccc(OC)c(OC)c3)C2=S)cc1. The van der Waals surface area contributed by atoms with E-state index in [9.17, 15) is 14.4 Å². The van der Waals surface area contributed by atoms with Crippen LogP contribution in [-0.4, -0.2) is 61.2 Å². The van der Waals surface area contributed by atoms with Crippen molar-refractivity contribution in [3.8, 4) is 11.5 Å². The van der Waals surface area contributed by atoms with Crippen LogP contribution in [0, 0.1) is 0 Å². The molecule has 4 rings (SSSR count). The molecule has 1 aliphatic heterocycles. The van der Waals surface area contributed by atoms with Gasteiger partial charge in [-0.25, -0.2) is 4.79 Å². The van der Waals surface area contributed by atoms with E-state index in [4.69, 9.17) is 38.0 Å². The summed E-state index contributed by atoms with van der Waals surface area (Å²) in [4.78, 5) is 42.0. The first kappa shape index (κ1) is 29.8. The van der Waals surface area contributed by atoms with E-state index in [2.05, 4.69) is 5.32 Å². The van der Waals surface area contributed by atoms with Crippen LogP contribution in [0.2, 0.25) is 5.02 Å². The lowest BCUT2D eigenvalue weighted by Gasteiger charge is -2.24. The zero-order valence-corrected chi connectivity index (χ0v) is 24.5. The predicted molar refractivity (Wildman–Crippen MR) is 161 cm³/mol. The number of nitrogens with zero attached hydrogens (tertiary/aromatic N) is 2. The number of halogens is 1. The van der Waals surface area contributed by atoms with Crippen molar-refractivity contribution in [1.29, 1.82) is 0 Å². The summed E-state index contributed by atoms with van der Waals surface area (Å²) in [5.74, 6) is 0.0637. The number of benzene rings is 3. The Morgan fingerprint density at radius 3 is 2.29 bits per heavy atom. The molecule has 1 heterocycles. The normalized spacial score (nSPS) is 14.7. The zero-order chi connectivity index (χ0) is 29.5. The number of hydrogen-bond acceptors (Lipinski definition) is 7. The molecule has 3 aromatic rings. The van der Waals surface area contributed by atoms with Crippen LogP contribution >= 0.6 is 23.8 Å². The number of methoxy groups -OCH3 is 2. The molecule has 1 saturated heterocycles. The van der Waals surface area contributed by atoms with Crippen LogP contribution < -0.4 is 19.7 Å². The molecule has 214 valence electrons. The molecule has 0 radical (unpaired) electrons. The van der Waals surface area contributed by atoms with Crippen molar-refractivity contribution >= 4 is 58.1 Å². The maximum Gasteiger partial charge on any atom is 0.338 e. The fourth-order valence-electron chi connectivity index (χ4n) is 4.49. The highest BCUT2D eigenvalue weighted by Gasteiger charge is 2.44. The van der Waals surface area contributed by atoms with Gasteiger partial charge in [0.15, 0.2) is 16.6 Å². The van der Waals surface area contributed by atoms with Crippen LogP contribution in [0.4, 0.5) is 11.4 Å². The van der Waals surface area contributed by atoms with Gasteiger partial charge in [-0.3, -0.25) is 14.5 Å². The quantitative estimate of drug-likeness (QED) is 0.241. The Morgan fingerprint density at radius 2 is 1.66 bits per heavy atom. The Labute approximate surface area is 248 Å². The largest absolute Gasteiger partial charge is 0.493 e. The molecule has 0 aromatic heterocycles. The number of amides is 2. The van der Waals surface area contributed by atoms with Gasteiger partial charge in [-0.05, 0) is 91.8 Å². The van der Waals surface area contributed by atoms with E-state index in [-0.39, 0.29) is 30.0 Å². The number of thiocarbonyl (C=S) groups is 1. The number of hydrogen-bond donors (Lipinski definition) is 1. The van der Waals surface area contributed by atoms with Gasteiger partial charge in [0.1, 0.15) is 6.04 Å². The van der Waals surface area contributed by atoms with Gasteiger partial charge < -0.3 is 24.4 Å². The first-order valence-corrected chi connectivity index (χ1v) is 13.7. The van der Waals surface area contributed by atoms with E-state index in [1.807, 2.05) is 18.2 Å². The number of rotatable bonds is 11. The number of esters is 1. The summed E-state index contributed by atoms with van der Waals surface area (Å²) in [7, 11) is 3.13. The lowest BCUT2D eigenvalue weighted by molar-refractivity contribution is -0.124. The molecule has 9 nitrogen and oxygen atoms in total. The monoisotopic (exact) mass is 595 g/mol. The minimum absolute atomic E-state index is 0.120. The van der Waals surface area contributed by atoms with Crippen molar-refractivity contribution in [2.75, 3.05) is 37.6 Å². The van der Waals surface area contributed by atoms with Crippen molar-refractivity contribution in [2.24, 2.45) is 0 Å². The van der Waals surface area contributed by atoms with Gasteiger partial charge in [0.2, 0.25) is 5.91 Å². The van der Waals surface area contributed by atoms with Gasteiger partial charge in [-0.2, -0.15) is 0 Å². The lowest BCUT2D eigenvalue weighted by atomic mass is 10.1. The third-order valence-electron chi connectivity index (χ3n) is 6.55. The third kappa shape index (κ3) is 6.96. The summed E-state index contributed by atoms with van der Waals surface area (Å²) in [6.07, 6.45) is 0.406. The standard InChI is InChI=1S/C30H30ClN3O6S/c1-4-40-29(37)20-6-12-23(13-7-20)34-28(36)24(18-27(35)32-22-10-8-21(31)9-11-22)33(30(34)41)16-15-19-5-14-25(38-2)26(17-19)39-3/h5-14,17,24H,4,15-16,18H2,1-3H3,(H,32,35). The molecule has 11 heteroatoms. The van der Waals surface area contributed by atoms with E-state index >= 15 is 0 Å². The topological polar surface area (TPSA) is 97.4 Å². The lowest BCUT2D eigenvalue weighted by Crippen LogP contribution is -2.39. The van der Waals surface area contributed by atoms with E-state index in [1.165, 1.54) is 4.90 Å². The van der Waals surface area contributed by atoms with Crippen molar-refractivity contribution in [2.45, 2.75) is 25.8 Å². The molecule has 3 aromatic carbocycles. The molecular formula is C30H30ClN3O6S. The molecule has 1 unspecified atom stereocenters. The highest BCUT2D eigenvalue weighted by molar-refractivity contribution is 7.80. The summed E-state index contributed by atoms with van der Waals surface area (Å²) in [6.45, 7) is 2.36. The molecule has 41 heavy (non-hydrogen) atoms. The van der Waals surface area contributed by atoms with Crippen LogP contribution in [0.15, 0.2) is 66.7 Å². The van der Waals surface area contributed by atoms with Crippen molar-refractivity contribution in [3.63, 3.8) is 0 Å². The van der Waals surface area contributed by atoms with Crippen LogP contribution in [0.3, 0.4) is 0 Å². The second-order valence-electron chi connectivity index (χ2n) is 9.13. The summed E-state index contributed by atoms with van der Waals surface area (Å²) in [5.41, 5.74) is 2.36. The Hall–Kier alpha value is -4.15. The van der Waals surface area contributed by atoms with Crippen LogP contribution in [0.25, 0.3) is 0 Å². The van der Waals surface area contributed by atoms with Crippen LogP contribution in [0.5, 0.6) is 11.5 Å². The highest BCUT2D eigenvalue weighted by Crippen LogP contribution is 2.30. The fourth-order valence-corrected chi connectivity index (χ4v) is 5.03. The molecule has 1 fully saturated rings. The maximum atomic E-state index is 13.7. The molecule has 0 spiro atoms. The Kier molecular flexibility index (Phi) is 9.80. The molecule has 1 aliphatic rings. The molecule has 2 amide bonds. The molecule has 0 aliphatic carbocycles. The van der Waals surface area contributed by atoms with E-state index in [1.54, 1.807) is 74.6 Å². The summed E-state index contributed by atoms with van der Waals surface area (Å²) < 4.78 is 15.8. The maximum absolute atomic E-state index is 13.7. The Morgan fingerprint density at radius 1 is 0.976 bits per heavy atom.